The Bertz CT molecular complexity index is 1130. The zero-order valence-electron chi connectivity index (χ0n) is 15.6. The minimum atomic E-state index is -3.55. The van der Waals surface area contributed by atoms with Crippen molar-refractivity contribution in [2.75, 3.05) is 18.4 Å². The first-order valence-electron chi connectivity index (χ1n) is 9.30. The van der Waals surface area contributed by atoms with Crippen LogP contribution in [-0.2, 0) is 10.0 Å². The third-order valence-corrected chi connectivity index (χ3v) is 6.96. The number of nitrogens with zero attached hydrogens (tertiary/aromatic N) is 3. The molecule has 2 aromatic heterocycles. The summed E-state index contributed by atoms with van der Waals surface area (Å²) >= 11 is 0. The van der Waals surface area contributed by atoms with Crippen molar-refractivity contribution >= 4 is 27.3 Å². The van der Waals surface area contributed by atoms with E-state index in [1.807, 2.05) is 6.92 Å². The number of piperidine rings is 1. The fraction of sp³-hybridized carbons (Fsp3) is 0.300. The molecule has 1 saturated heterocycles. The first kappa shape index (κ1) is 18.6. The fourth-order valence-electron chi connectivity index (χ4n) is 3.40. The van der Waals surface area contributed by atoms with Crippen LogP contribution in [0.2, 0.25) is 0 Å². The molecular formula is C20H22N4O3S. The molecule has 3 aromatic rings. The number of aromatic nitrogens is 2. The van der Waals surface area contributed by atoms with E-state index in [1.54, 1.807) is 53.3 Å². The van der Waals surface area contributed by atoms with E-state index < -0.39 is 10.0 Å². The van der Waals surface area contributed by atoms with Crippen LogP contribution < -0.4 is 5.32 Å². The molecule has 0 aliphatic carbocycles. The standard InChI is InChI=1S/C20H22N4O3S/c1-15-5-7-17(28(26,27)24-10-3-2-4-11-24)13-18(15)22-20(25)16-6-8-19-21-9-12-23(19)14-16/h5-9,12-14H,2-4,10-11H2,1H3,(H,22,25). The maximum Gasteiger partial charge on any atom is 0.257 e. The van der Waals surface area contributed by atoms with Crippen molar-refractivity contribution in [2.24, 2.45) is 0 Å². The molecule has 0 unspecified atom stereocenters. The van der Waals surface area contributed by atoms with Crippen LogP contribution >= 0.6 is 0 Å². The Balaban J connectivity index is 1.60. The lowest BCUT2D eigenvalue weighted by atomic mass is 10.2. The van der Waals surface area contributed by atoms with Gasteiger partial charge >= 0.3 is 0 Å². The third kappa shape index (κ3) is 3.53. The van der Waals surface area contributed by atoms with E-state index in [4.69, 9.17) is 0 Å². The van der Waals surface area contributed by atoms with Crippen molar-refractivity contribution in [1.29, 1.82) is 0 Å². The fourth-order valence-corrected chi connectivity index (χ4v) is 4.94. The van der Waals surface area contributed by atoms with Gasteiger partial charge in [0.2, 0.25) is 10.0 Å². The molecule has 0 atom stereocenters. The molecule has 1 N–H and O–H groups in total. The molecule has 0 saturated carbocycles. The van der Waals surface area contributed by atoms with Crippen molar-refractivity contribution in [3.8, 4) is 0 Å². The van der Waals surface area contributed by atoms with Gasteiger partial charge in [-0.1, -0.05) is 12.5 Å². The van der Waals surface area contributed by atoms with E-state index in [-0.39, 0.29) is 10.8 Å². The van der Waals surface area contributed by atoms with Gasteiger partial charge in [0.15, 0.2) is 0 Å². The van der Waals surface area contributed by atoms with E-state index in [1.165, 1.54) is 4.31 Å². The number of carbonyl (C=O) groups is 1. The summed E-state index contributed by atoms with van der Waals surface area (Å²) in [5.41, 5.74) is 2.51. The van der Waals surface area contributed by atoms with Gasteiger partial charge in [-0.15, -0.1) is 0 Å². The van der Waals surface area contributed by atoms with E-state index in [0.717, 1.165) is 30.5 Å². The lowest BCUT2D eigenvalue weighted by Crippen LogP contribution is -2.35. The monoisotopic (exact) mass is 398 g/mol. The largest absolute Gasteiger partial charge is 0.322 e. The number of fused-ring (bicyclic) bond motifs is 1. The predicted octanol–water partition coefficient (Wildman–Crippen LogP) is 3.07. The Morgan fingerprint density at radius 3 is 2.68 bits per heavy atom. The van der Waals surface area contributed by atoms with Crippen LogP contribution in [0.4, 0.5) is 5.69 Å². The van der Waals surface area contributed by atoms with Gasteiger partial charge in [-0.05, 0) is 49.6 Å². The molecule has 28 heavy (non-hydrogen) atoms. The number of anilines is 1. The molecule has 0 bridgehead atoms. The number of aryl methyl sites for hydroxylation is 1. The smallest absolute Gasteiger partial charge is 0.257 e. The van der Waals surface area contributed by atoms with Gasteiger partial charge in [-0.3, -0.25) is 4.79 Å². The van der Waals surface area contributed by atoms with Crippen LogP contribution in [0.1, 0.15) is 35.2 Å². The Morgan fingerprint density at radius 1 is 1.11 bits per heavy atom. The molecule has 8 heteroatoms. The van der Waals surface area contributed by atoms with Crippen molar-refractivity contribution < 1.29 is 13.2 Å². The van der Waals surface area contributed by atoms with Crippen LogP contribution in [0.15, 0.2) is 53.8 Å². The van der Waals surface area contributed by atoms with Gasteiger partial charge in [0, 0.05) is 37.4 Å². The molecule has 1 aliphatic rings. The first-order valence-corrected chi connectivity index (χ1v) is 10.7. The highest BCUT2D eigenvalue weighted by atomic mass is 32.2. The van der Waals surface area contributed by atoms with Gasteiger partial charge < -0.3 is 9.72 Å². The summed E-state index contributed by atoms with van der Waals surface area (Å²) in [6.45, 7) is 2.93. The lowest BCUT2D eigenvalue weighted by molar-refractivity contribution is 0.102. The topological polar surface area (TPSA) is 83.8 Å². The van der Waals surface area contributed by atoms with E-state index in [0.29, 0.717) is 24.3 Å². The number of amides is 1. The van der Waals surface area contributed by atoms with Gasteiger partial charge in [0.25, 0.3) is 5.91 Å². The zero-order chi connectivity index (χ0) is 19.7. The number of imidazole rings is 1. The summed E-state index contributed by atoms with van der Waals surface area (Å²) in [6, 6.07) is 8.34. The summed E-state index contributed by atoms with van der Waals surface area (Å²) in [5, 5.41) is 2.84. The second kappa shape index (κ2) is 7.37. The van der Waals surface area contributed by atoms with Gasteiger partial charge in [0.05, 0.1) is 10.5 Å². The average Bonchev–Trinajstić information content (AvgIpc) is 3.18. The summed E-state index contributed by atoms with van der Waals surface area (Å²) in [5.74, 6) is -0.300. The summed E-state index contributed by atoms with van der Waals surface area (Å²) < 4.78 is 29.1. The molecule has 1 aliphatic heterocycles. The molecule has 0 radical (unpaired) electrons. The molecule has 0 spiro atoms. The van der Waals surface area contributed by atoms with E-state index in [2.05, 4.69) is 10.3 Å². The minimum Gasteiger partial charge on any atom is -0.322 e. The van der Waals surface area contributed by atoms with Crippen molar-refractivity contribution in [2.45, 2.75) is 31.1 Å². The summed E-state index contributed by atoms with van der Waals surface area (Å²) in [4.78, 5) is 17.1. The van der Waals surface area contributed by atoms with Crippen LogP contribution in [0.3, 0.4) is 0 Å². The molecular weight excluding hydrogens is 376 g/mol. The number of pyridine rings is 1. The van der Waals surface area contributed by atoms with Gasteiger partial charge in [0.1, 0.15) is 5.65 Å². The van der Waals surface area contributed by atoms with E-state index in [9.17, 15) is 13.2 Å². The highest BCUT2D eigenvalue weighted by Gasteiger charge is 2.26. The number of hydrogen-bond donors (Lipinski definition) is 1. The Labute approximate surface area is 164 Å². The van der Waals surface area contributed by atoms with Crippen molar-refractivity contribution in [3.05, 3.63) is 60.0 Å². The molecule has 146 valence electrons. The normalized spacial score (nSPS) is 15.6. The summed E-state index contributed by atoms with van der Waals surface area (Å²) in [7, 11) is -3.55. The maximum absolute atomic E-state index is 12.9. The number of sulfonamides is 1. The first-order chi connectivity index (χ1) is 13.4. The molecule has 1 aromatic carbocycles. The molecule has 7 nitrogen and oxygen atoms in total. The van der Waals surface area contributed by atoms with Crippen LogP contribution in [0, 0.1) is 6.92 Å². The number of carbonyl (C=O) groups excluding carboxylic acids is 1. The minimum absolute atomic E-state index is 0.209. The zero-order valence-corrected chi connectivity index (χ0v) is 16.4. The number of rotatable bonds is 4. The highest BCUT2D eigenvalue weighted by Crippen LogP contribution is 2.25. The number of benzene rings is 1. The number of hydrogen-bond acceptors (Lipinski definition) is 4. The van der Waals surface area contributed by atoms with Gasteiger partial charge in [-0.25, -0.2) is 13.4 Å². The third-order valence-electron chi connectivity index (χ3n) is 5.06. The van der Waals surface area contributed by atoms with Crippen LogP contribution in [0.25, 0.3) is 5.65 Å². The second-order valence-corrected chi connectivity index (χ2v) is 8.94. The van der Waals surface area contributed by atoms with Crippen LogP contribution in [-0.4, -0.2) is 41.1 Å². The average molecular weight is 398 g/mol. The number of nitrogens with one attached hydrogen (secondary N) is 1. The van der Waals surface area contributed by atoms with Gasteiger partial charge in [-0.2, -0.15) is 4.31 Å². The SMILES string of the molecule is Cc1ccc(S(=O)(=O)N2CCCCC2)cc1NC(=O)c1ccc2nccn2c1. The van der Waals surface area contributed by atoms with Crippen molar-refractivity contribution in [1.82, 2.24) is 13.7 Å². The highest BCUT2D eigenvalue weighted by molar-refractivity contribution is 7.89. The molecule has 4 rings (SSSR count). The van der Waals surface area contributed by atoms with Crippen molar-refractivity contribution in [3.63, 3.8) is 0 Å². The molecule has 1 amide bonds. The van der Waals surface area contributed by atoms with Crippen LogP contribution in [0.5, 0.6) is 0 Å². The van der Waals surface area contributed by atoms with E-state index >= 15 is 0 Å². The molecule has 3 heterocycles. The predicted molar refractivity (Wildman–Crippen MR) is 107 cm³/mol. The summed E-state index contributed by atoms with van der Waals surface area (Å²) in [6.07, 6.45) is 7.94. The Hall–Kier alpha value is -2.71. The quantitative estimate of drug-likeness (QED) is 0.732. The second-order valence-electron chi connectivity index (χ2n) is 7.01. The Kier molecular flexibility index (Phi) is 4.91. The lowest BCUT2D eigenvalue weighted by Gasteiger charge is -2.26. The maximum atomic E-state index is 12.9. The molecule has 1 fully saturated rings. The Morgan fingerprint density at radius 2 is 1.89 bits per heavy atom.